The normalized spacial score (nSPS) is 16.9. The Bertz CT molecular complexity index is 830. The first-order valence-corrected chi connectivity index (χ1v) is 9.15. The molecule has 8 nitrogen and oxygen atoms in total. The van der Waals surface area contributed by atoms with Crippen molar-refractivity contribution >= 4 is 23.4 Å². The molecule has 1 atom stereocenters. The molecule has 2 aromatic rings. The van der Waals surface area contributed by atoms with Gasteiger partial charge in [0.25, 0.3) is 5.91 Å². The Kier molecular flexibility index (Phi) is 5.76. The lowest BCUT2D eigenvalue weighted by atomic mass is 10.0. The smallest absolute Gasteiger partial charge is 0.252 e. The Hall–Kier alpha value is -2.45. The molecule has 144 valence electrons. The Morgan fingerprint density at radius 2 is 2.22 bits per heavy atom. The third-order valence-corrected chi connectivity index (χ3v) is 4.57. The number of hydrogen-bond acceptors (Lipinski definition) is 6. The Morgan fingerprint density at radius 1 is 1.41 bits per heavy atom. The van der Waals surface area contributed by atoms with Crippen LogP contribution in [-0.2, 0) is 16.9 Å². The quantitative estimate of drug-likeness (QED) is 0.692. The number of rotatable bonds is 6. The van der Waals surface area contributed by atoms with Gasteiger partial charge in [0.1, 0.15) is 0 Å². The summed E-state index contributed by atoms with van der Waals surface area (Å²) in [5, 5.41) is 13.2. The molecule has 9 heteroatoms. The highest BCUT2D eigenvalue weighted by molar-refractivity contribution is 6.30. The zero-order chi connectivity index (χ0) is 19.4. The number of nitrogens with one attached hydrogen (secondary N) is 3. The predicted molar refractivity (Wildman–Crippen MR) is 99.1 cm³/mol. The summed E-state index contributed by atoms with van der Waals surface area (Å²) in [5.74, 6) is 0.220. The molecule has 1 unspecified atom stereocenters. The molecule has 3 rings (SSSR count). The minimum Gasteiger partial charge on any atom is -0.346 e. The molecule has 1 saturated heterocycles. The molecular weight excluding hydrogens is 370 g/mol. The van der Waals surface area contributed by atoms with E-state index in [4.69, 9.17) is 16.1 Å². The second-order valence-corrected chi connectivity index (χ2v) is 7.40. The average molecular weight is 392 g/mol. The molecule has 2 heterocycles. The van der Waals surface area contributed by atoms with Crippen LogP contribution in [0, 0.1) is 0 Å². The van der Waals surface area contributed by atoms with Crippen molar-refractivity contribution in [2.45, 2.75) is 44.8 Å². The molecule has 0 radical (unpaired) electrons. The monoisotopic (exact) mass is 391 g/mol. The van der Waals surface area contributed by atoms with Gasteiger partial charge in [0.05, 0.1) is 18.1 Å². The summed E-state index contributed by atoms with van der Waals surface area (Å²) in [6.07, 6.45) is 1.81. The highest BCUT2D eigenvalue weighted by Crippen LogP contribution is 2.19. The van der Waals surface area contributed by atoms with Crippen LogP contribution in [0.3, 0.4) is 0 Å². The van der Waals surface area contributed by atoms with Crippen molar-refractivity contribution in [3.05, 3.63) is 46.6 Å². The van der Waals surface area contributed by atoms with Gasteiger partial charge in [0.2, 0.25) is 11.8 Å². The van der Waals surface area contributed by atoms with Crippen molar-refractivity contribution in [3.63, 3.8) is 0 Å². The van der Waals surface area contributed by atoms with Gasteiger partial charge >= 0.3 is 0 Å². The summed E-state index contributed by atoms with van der Waals surface area (Å²) in [6.45, 7) is 4.53. The van der Waals surface area contributed by atoms with E-state index in [1.54, 1.807) is 38.1 Å². The molecule has 2 amide bonds. The van der Waals surface area contributed by atoms with Crippen LogP contribution < -0.4 is 16.0 Å². The molecule has 0 saturated carbocycles. The zero-order valence-electron chi connectivity index (χ0n) is 15.2. The van der Waals surface area contributed by atoms with Crippen LogP contribution >= 0.6 is 11.6 Å². The number of aromatic nitrogens is 2. The highest BCUT2D eigenvalue weighted by Gasteiger charge is 2.29. The zero-order valence-corrected chi connectivity index (χ0v) is 16.0. The summed E-state index contributed by atoms with van der Waals surface area (Å²) >= 11 is 5.93. The minimum atomic E-state index is -0.863. The molecule has 0 spiro atoms. The fraction of sp³-hybridized carbons (Fsp3) is 0.444. The molecule has 0 bridgehead atoms. The molecule has 1 fully saturated rings. The largest absolute Gasteiger partial charge is 0.346 e. The van der Waals surface area contributed by atoms with Crippen molar-refractivity contribution in [2.24, 2.45) is 0 Å². The fourth-order valence-corrected chi connectivity index (χ4v) is 3.01. The molecule has 1 aliphatic heterocycles. The number of halogens is 1. The van der Waals surface area contributed by atoms with Crippen molar-refractivity contribution in [2.75, 3.05) is 6.54 Å². The van der Waals surface area contributed by atoms with Gasteiger partial charge in [0.15, 0.2) is 5.82 Å². The minimum absolute atomic E-state index is 0.0826. The van der Waals surface area contributed by atoms with Gasteiger partial charge in [-0.05, 0) is 51.4 Å². The molecular formula is C18H22ClN5O3. The van der Waals surface area contributed by atoms with Gasteiger partial charge in [-0.3, -0.25) is 9.59 Å². The van der Waals surface area contributed by atoms with E-state index in [2.05, 4.69) is 26.1 Å². The second kappa shape index (κ2) is 8.06. The summed E-state index contributed by atoms with van der Waals surface area (Å²) in [6, 6.07) is 6.50. The van der Waals surface area contributed by atoms with E-state index in [1.165, 1.54) is 0 Å². The van der Waals surface area contributed by atoms with Crippen LogP contribution in [0.25, 0.3) is 0 Å². The van der Waals surface area contributed by atoms with Gasteiger partial charge in [-0.2, -0.15) is 4.98 Å². The van der Waals surface area contributed by atoms with Crippen LogP contribution in [0.4, 0.5) is 0 Å². The Balaban J connectivity index is 1.60. The summed E-state index contributed by atoms with van der Waals surface area (Å²) in [5.41, 5.74) is -0.423. The topological polar surface area (TPSA) is 109 Å². The maximum absolute atomic E-state index is 12.4. The van der Waals surface area contributed by atoms with Crippen LogP contribution in [0.5, 0.6) is 0 Å². The van der Waals surface area contributed by atoms with Crippen LogP contribution in [0.15, 0.2) is 28.8 Å². The van der Waals surface area contributed by atoms with Crippen LogP contribution in [0.1, 0.15) is 48.8 Å². The number of amides is 2. The number of carbonyl (C=O) groups excluding carboxylic acids is 2. The lowest BCUT2D eigenvalue weighted by Gasteiger charge is -2.22. The molecule has 1 aliphatic rings. The lowest BCUT2D eigenvalue weighted by molar-refractivity contribution is -0.123. The predicted octanol–water partition coefficient (Wildman–Crippen LogP) is 1.76. The maximum atomic E-state index is 12.4. The fourth-order valence-electron chi connectivity index (χ4n) is 2.82. The Morgan fingerprint density at radius 3 is 2.93 bits per heavy atom. The van der Waals surface area contributed by atoms with E-state index >= 15 is 0 Å². The van der Waals surface area contributed by atoms with E-state index in [9.17, 15) is 9.59 Å². The third kappa shape index (κ3) is 4.84. The second-order valence-electron chi connectivity index (χ2n) is 6.97. The van der Waals surface area contributed by atoms with Crippen molar-refractivity contribution in [1.82, 2.24) is 26.1 Å². The van der Waals surface area contributed by atoms with Crippen LogP contribution in [-0.4, -0.2) is 34.5 Å². The van der Waals surface area contributed by atoms with E-state index < -0.39 is 5.54 Å². The number of benzene rings is 1. The lowest BCUT2D eigenvalue weighted by Crippen LogP contribution is -2.42. The summed E-state index contributed by atoms with van der Waals surface area (Å²) in [4.78, 5) is 28.7. The molecule has 1 aromatic carbocycles. The SMILES string of the molecule is CC(C)(NC(=O)c1cccc(Cl)c1)c1noc(CNC(=O)C2CCCN2)n1. The van der Waals surface area contributed by atoms with Gasteiger partial charge in [-0.25, -0.2) is 0 Å². The van der Waals surface area contributed by atoms with E-state index in [1.807, 2.05) is 0 Å². The molecule has 27 heavy (non-hydrogen) atoms. The maximum Gasteiger partial charge on any atom is 0.252 e. The van der Waals surface area contributed by atoms with E-state index in [-0.39, 0.29) is 30.3 Å². The van der Waals surface area contributed by atoms with E-state index in [0.717, 1.165) is 19.4 Å². The molecule has 1 aromatic heterocycles. The van der Waals surface area contributed by atoms with Gasteiger partial charge in [-0.15, -0.1) is 0 Å². The highest BCUT2D eigenvalue weighted by atomic mass is 35.5. The molecule has 3 N–H and O–H groups in total. The van der Waals surface area contributed by atoms with E-state index in [0.29, 0.717) is 16.4 Å². The van der Waals surface area contributed by atoms with Gasteiger partial charge in [-0.1, -0.05) is 22.8 Å². The van der Waals surface area contributed by atoms with Crippen molar-refractivity contribution in [3.8, 4) is 0 Å². The van der Waals surface area contributed by atoms with Gasteiger partial charge in [0, 0.05) is 10.6 Å². The number of nitrogens with zero attached hydrogens (tertiary/aromatic N) is 2. The third-order valence-electron chi connectivity index (χ3n) is 4.33. The van der Waals surface area contributed by atoms with Crippen molar-refractivity contribution < 1.29 is 14.1 Å². The first-order valence-electron chi connectivity index (χ1n) is 8.77. The molecule has 0 aliphatic carbocycles. The standard InChI is InChI=1S/C18H22ClN5O3/c1-18(2,23-15(25)11-5-3-6-12(19)9-11)17-22-14(27-24-17)10-21-16(26)13-7-4-8-20-13/h3,5-6,9,13,20H,4,7-8,10H2,1-2H3,(H,21,26)(H,23,25). The first-order chi connectivity index (χ1) is 12.8. The number of carbonyl (C=O) groups is 2. The average Bonchev–Trinajstić information content (AvgIpc) is 3.31. The summed E-state index contributed by atoms with van der Waals surface area (Å²) < 4.78 is 5.20. The van der Waals surface area contributed by atoms with Crippen molar-refractivity contribution in [1.29, 1.82) is 0 Å². The van der Waals surface area contributed by atoms with Gasteiger partial charge < -0.3 is 20.5 Å². The summed E-state index contributed by atoms with van der Waals surface area (Å²) in [7, 11) is 0. The first kappa shape index (κ1) is 19.3. The van der Waals surface area contributed by atoms with Crippen LogP contribution in [0.2, 0.25) is 5.02 Å². The number of hydrogen-bond donors (Lipinski definition) is 3. The Labute approximate surface area is 162 Å².